The summed E-state index contributed by atoms with van der Waals surface area (Å²) in [6.45, 7) is 1.38. The molecule has 2 heterocycles. The Morgan fingerprint density at radius 3 is 2.74 bits per heavy atom. The number of nitrogens with one attached hydrogen (secondary N) is 1. The zero-order valence-electron chi connectivity index (χ0n) is 15.1. The van der Waals surface area contributed by atoms with E-state index in [2.05, 4.69) is 46.7 Å². The summed E-state index contributed by atoms with van der Waals surface area (Å²) in [5, 5.41) is 3.46. The lowest BCUT2D eigenvalue weighted by Crippen LogP contribution is -2.39. The fourth-order valence-corrected chi connectivity index (χ4v) is 3.52. The number of nitrogens with zero attached hydrogens (tertiary/aromatic N) is 2. The van der Waals surface area contributed by atoms with Crippen LogP contribution in [0.1, 0.15) is 17.5 Å². The van der Waals surface area contributed by atoms with Gasteiger partial charge in [0, 0.05) is 31.2 Å². The van der Waals surface area contributed by atoms with Gasteiger partial charge in [-0.1, -0.05) is 24.3 Å². The Morgan fingerprint density at radius 1 is 1.07 bits per heavy atom. The molecule has 0 bridgehead atoms. The maximum absolute atomic E-state index is 11.7. The van der Waals surface area contributed by atoms with Gasteiger partial charge in [-0.05, 0) is 65.4 Å². The molecule has 5 nitrogen and oxygen atoms in total. The molecule has 0 unspecified atom stereocenters. The number of fused-ring (bicyclic) bond motifs is 1. The number of hydrogen-bond acceptors (Lipinski definition) is 3. The number of carbonyl (C=O) groups excluding carboxylic acids is 1. The van der Waals surface area contributed by atoms with Gasteiger partial charge >= 0.3 is 6.03 Å². The largest absolute Gasteiger partial charge is 0.381 e. The molecule has 1 aliphatic heterocycles. The van der Waals surface area contributed by atoms with Gasteiger partial charge in [-0.2, -0.15) is 0 Å². The van der Waals surface area contributed by atoms with E-state index in [4.69, 9.17) is 5.73 Å². The van der Waals surface area contributed by atoms with Crippen LogP contribution < -0.4 is 16.0 Å². The third-order valence-corrected chi connectivity index (χ3v) is 4.91. The monoisotopic (exact) mass is 358 g/mol. The van der Waals surface area contributed by atoms with E-state index in [1.165, 1.54) is 16.7 Å². The first-order valence-corrected chi connectivity index (χ1v) is 9.14. The Bertz CT molecular complexity index is 956. The number of primary amides is 1. The Morgan fingerprint density at radius 2 is 1.93 bits per heavy atom. The SMILES string of the molecule is NC(=O)N1CCCc2ccc(NCc3cccc(-c4ccncc4)c3)cc21. The molecule has 27 heavy (non-hydrogen) atoms. The van der Waals surface area contributed by atoms with E-state index in [-0.39, 0.29) is 0 Å². The molecule has 1 aromatic heterocycles. The van der Waals surface area contributed by atoms with Gasteiger partial charge in [0.2, 0.25) is 0 Å². The average Bonchev–Trinajstić information content (AvgIpc) is 2.72. The van der Waals surface area contributed by atoms with Crippen molar-refractivity contribution in [3.05, 3.63) is 78.1 Å². The lowest BCUT2D eigenvalue weighted by atomic mass is 10.0. The van der Waals surface area contributed by atoms with Crippen LogP contribution in [0.3, 0.4) is 0 Å². The zero-order chi connectivity index (χ0) is 18.6. The molecular weight excluding hydrogens is 336 g/mol. The number of aromatic nitrogens is 1. The Balaban J connectivity index is 1.51. The number of urea groups is 1. The molecule has 0 atom stereocenters. The van der Waals surface area contributed by atoms with E-state index in [1.54, 1.807) is 17.3 Å². The summed E-state index contributed by atoms with van der Waals surface area (Å²) in [7, 11) is 0. The molecule has 0 aliphatic carbocycles. The molecule has 3 N–H and O–H groups in total. The number of hydrogen-bond donors (Lipinski definition) is 2. The van der Waals surface area contributed by atoms with Gasteiger partial charge in [-0.25, -0.2) is 4.79 Å². The van der Waals surface area contributed by atoms with Crippen LogP contribution in [0.25, 0.3) is 11.1 Å². The first kappa shape index (κ1) is 17.1. The minimum Gasteiger partial charge on any atom is -0.381 e. The zero-order valence-corrected chi connectivity index (χ0v) is 15.1. The number of pyridine rings is 1. The minimum atomic E-state index is -0.391. The van der Waals surface area contributed by atoms with Crippen molar-refractivity contribution in [2.45, 2.75) is 19.4 Å². The summed E-state index contributed by atoms with van der Waals surface area (Å²) in [5.41, 5.74) is 12.1. The quantitative estimate of drug-likeness (QED) is 0.734. The van der Waals surface area contributed by atoms with Crippen molar-refractivity contribution in [1.29, 1.82) is 0 Å². The average molecular weight is 358 g/mol. The summed E-state index contributed by atoms with van der Waals surface area (Å²) >= 11 is 0. The molecule has 3 aromatic rings. The van der Waals surface area contributed by atoms with Crippen LogP contribution in [0.15, 0.2) is 67.0 Å². The van der Waals surface area contributed by atoms with E-state index >= 15 is 0 Å². The summed E-state index contributed by atoms with van der Waals surface area (Å²) in [6.07, 6.45) is 5.54. The smallest absolute Gasteiger partial charge is 0.319 e. The molecule has 136 valence electrons. The highest BCUT2D eigenvalue weighted by atomic mass is 16.2. The van der Waals surface area contributed by atoms with Crippen LogP contribution in [0.2, 0.25) is 0 Å². The number of amides is 2. The van der Waals surface area contributed by atoms with Gasteiger partial charge in [-0.15, -0.1) is 0 Å². The number of carbonyl (C=O) groups is 1. The third-order valence-electron chi connectivity index (χ3n) is 4.91. The first-order chi connectivity index (χ1) is 13.2. The van der Waals surface area contributed by atoms with Crippen LogP contribution in [0, 0.1) is 0 Å². The van der Waals surface area contributed by atoms with E-state index in [0.717, 1.165) is 29.8 Å². The number of rotatable bonds is 4. The van der Waals surface area contributed by atoms with Crippen molar-refractivity contribution in [3.8, 4) is 11.1 Å². The normalized spacial score (nSPS) is 13.1. The molecule has 4 rings (SSSR count). The van der Waals surface area contributed by atoms with Crippen LogP contribution >= 0.6 is 0 Å². The molecule has 0 saturated heterocycles. The fourth-order valence-electron chi connectivity index (χ4n) is 3.52. The van der Waals surface area contributed by atoms with E-state index in [9.17, 15) is 4.79 Å². The summed E-state index contributed by atoms with van der Waals surface area (Å²) in [6, 6.07) is 18.2. The van der Waals surface area contributed by atoms with Crippen LogP contribution in [-0.2, 0) is 13.0 Å². The van der Waals surface area contributed by atoms with Crippen molar-refractivity contribution in [1.82, 2.24) is 4.98 Å². The molecule has 0 spiro atoms. The standard InChI is InChI=1S/C22H22N4O/c23-22(27)26-12-2-5-18-6-7-20(14-21(18)26)25-15-16-3-1-4-19(13-16)17-8-10-24-11-9-17/h1,3-4,6-11,13-14,25H,2,5,12,15H2,(H2,23,27). The number of nitrogens with two attached hydrogens (primary N) is 1. The lowest BCUT2D eigenvalue weighted by molar-refractivity contribution is 0.253. The van der Waals surface area contributed by atoms with E-state index < -0.39 is 6.03 Å². The summed E-state index contributed by atoms with van der Waals surface area (Å²) < 4.78 is 0. The third kappa shape index (κ3) is 3.77. The van der Waals surface area contributed by atoms with Gasteiger partial charge < -0.3 is 11.1 Å². The number of aryl methyl sites for hydroxylation is 1. The highest BCUT2D eigenvalue weighted by Crippen LogP contribution is 2.30. The second-order valence-corrected chi connectivity index (χ2v) is 6.73. The topological polar surface area (TPSA) is 71.2 Å². The fraction of sp³-hybridized carbons (Fsp3) is 0.182. The second-order valence-electron chi connectivity index (χ2n) is 6.73. The summed E-state index contributed by atoms with van der Waals surface area (Å²) in [4.78, 5) is 17.4. The molecule has 0 radical (unpaired) electrons. The van der Waals surface area contributed by atoms with Gasteiger partial charge in [0.1, 0.15) is 0 Å². The maximum atomic E-state index is 11.7. The maximum Gasteiger partial charge on any atom is 0.319 e. The van der Waals surface area contributed by atoms with Crippen molar-refractivity contribution in [3.63, 3.8) is 0 Å². The van der Waals surface area contributed by atoms with E-state index in [1.807, 2.05) is 18.2 Å². The minimum absolute atomic E-state index is 0.391. The number of anilines is 2. The molecule has 2 aromatic carbocycles. The van der Waals surface area contributed by atoms with Gasteiger partial charge in [0.15, 0.2) is 0 Å². The van der Waals surface area contributed by atoms with Gasteiger partial charge in [0.05, 0.1) is 5.69 Å². The van der Waals surface area contributed by atoms with Gasteiger partial charge in [-0.3, -0.25) is 9.88 Å². The predicted octanol–water partition coefficient (Wildman–Crippen LogP) is 4.19. The molecular formula is C22H22N4O. The van der Waals surface area contributed by atoms with Crippen molar-refractivity contribution in [2.24, 2.45) is 5.73 Å². The lowest BCUT2D eigenvalue weighted by Gasteiger charge is -2.28. The first-order valence-electron chi connectivity index (χ1n) is 9.14. The number of benzene rings is 2. The van der Waals surface area contributed by atoms with Crippen molar-refractivity contribution < 1.29 is 4.79 Å². The molecule has 5 heteroatoms. The molecule has 2 amide bonds. The van der Waals surface area contributed by atoms with Crippen LogP contribution in [0.4, 0.5) is 16.2 Å². The highest BCUT2D eigenvalue weighted by Gasteiger charge is 2.20. The van der Waals surface area contributed by atoms with E-state index in [0.29, 0.717) is 13.1 Å². The Hall–Kier alpha value is -3.34. The summed E-state index contributed by atoms with van der Waals surface area (Å²) in [5.74, 6) is 0. The predicted molar refractivity (Wildman–Crippen MR) is 109 cm³/mol. The molecule has 0 fully saturated rings. The highest BCUT2D eigenvalue weighted by molar-refractivity contribution is 5.92. The molecule has 0 saturated carbocycles. The van der Waals surface area contributed by atoms with Crippen LogP contribution in [-0.4, -0.2) is 17.6 Å². The Kier molecular flexibility index (Phi) is 4.75. The molecule has 1 aliphatic rings. The second kappa shape index (κ2) is 7.50. The Labute approximate surface area is 158 Å². The van der Waals surface area contributed by atoms with Crippen LogP contribution in [0.5, 0.6) is 0 Å². The van der Waals surface area contributed by atoms with Crippen molar-refractivity contribution in [2.75, 3.05) is 16.8 Å². The van der Waals surface area contributed by atoms with Crippen molar-refractivity contribution >= 4 is 17.4 Å². The van der Waals surface area contributed by atoms with Gasteiger partial charge in [0.25, 0.3) is 0 Å².